The number of hydrogen-bond donors (Lipinski definition) is 2. The van der Waals surface area contributed by atoms with E-state index >= 15 is 0 Å². The van der Waals surface area contributed by atoms with Gasteiger partial charge in [-0.25, -0.2) is 9.97 Å². The number of hydrogen-bond acceptors (Lipinski definition) is 6. The lowest BCUT2D eigenvalue weighted by Crippen LogP contribution is -2.50. The normalized spacial score (nSPS) is 14.3. The molecule has 4 aromatic rings. The number of aromatic nitrogens is 2. The van der Waals surface area contributed by atoms with Crippen LogP contribution in [0.2, 0.25) is 0 Å². The third-order valence-electron chi connectivity index (χ3n) is 6.01. The third-order valence-corrected chi connectivity index (χ3v) is 6.01. The van der Waals surface area contributed by atoms with Crippen molar-refractivity contribution in [3.63, 3.8) is 0 Å². The smallest absolute Gasteiger partial charge is 0.263 e. The zero-order valence-corrected chi connectivity index (χ0v) is 20.6. The van der Waals surface area contributed by atoms with Crippen LogP contribution >= 0.6 is 0 Å². The van der Waals surface area contributed by atoms with Gasteiger partial charge in [0.2, 0.25) is 5.95 Å². The quantitative estimate of drug-likeness (QED) is 0.409. The van der Waals surface area contributed by atoms with E-state index in [2.05, 4.69) is 20.6 Å². The first-order valence-corrected chi connectivity index (χ1v) is 12.1. The second-order valence-electron chi connectivity index (χ2n) is 8.84. The maximum atomic E-state index is 13.9. The Labute approximate surface area is 215 Å². The van der Waals surface area contributed by atoms with Crippen molar-refractivity contribution in [2.45, 2.75) is 26.5 Å². The van der Waals surface area contributed by atoms with Gasteiger partial charge in [0.1, 0.15) is 5.75 Å². The van der Waals surface area contributed by atoms with Gasteiger partial charge in [-0.1, -0.05) is 54.6 Å². The van der Waals surface area contributed by atoms with Crippen molar-refractivity contribution in [2.24, 2.45) is 0 Å². The number of aryl methyl sites for hydroxylation is 2. The molecule has 0 unspecified atom stereocenters. The zero-order chi connectivity index (χ0) is 25.8. The SMILES string of the molecule is Cc1cc(C)nc(Nc2ccccc2C(=O)N2C[C@H](C(=O)NCc3ccccc3)Oc3ccccc32)n1. The predicted molar refractivity (Wildman–Crippen MR) is 142 cm³/mol. The minimum absolute atomic E-state index is 0.0743. The van der Waals surface area contributed by atoms with Crippen molar-refractivity contribution >= 4 is 29.1 Å². The van der Waals surface area contributed by atoms with Crippen molar-refractivity contribution < 1.29 is 14.3 Å². The molecule has 37 heavy (non-hydrogen) atoms. The average Bonchev–Trinajstić information content (AvgIpc) is 2.91. The molecule has 0 bridgehead atoms. The van der Waals surface area contributed by atoms with E-state index in [9.17, 15) is 9.59 Å². The first-order chi connectivity index (χ1) is 18.0. The summed E-state index contributed by atoms with van der Waals surface area (Å²) in [4.78, 5) is 37.4. The van der Waals surface area contributed by atoms with Crippen LogP contribution in [-0.2, 0) is 11.3 Å². The van der Waals surface area contributed by atoms with Crippen LogP contribution in [0.1, 0.15) is 27.3 Å². The number of fused-ring (bicyclic) bond motifs is 1. The van der Waals surface area contributed by atoms with E-state index in [1.54, 1.807) is 23.1 Å². The first-order valence-electron chi connectivity index (χ1n) is 12.1. The average molecular weight is 494 g/mol. The number of ether oxygens (including phenoxy) is 1. The van der Waals surface area contributed by atoms with Gasteiger partial charge in [0.15, 0.2) is 6.10 Å². The van der Waals surface area contributed by atoms with E-state index < -0.39 is 6.10 Å². The monoisotopic (exact) mass is 493 g/mol. The molecule has 2 amide bonds. The fourth-order valence-corrected chi connectivity index (χ4v) is 4.29. The van der Waals surface area contributed by atoms with Crippen molar-refractivity contribution in [2.75, 3.05) is 16.8 Å². The van der Waals surface area contributed by atoms with E-state index in [4.69, 9.17) is 4.74 Å². The number of rotatable bonds is 6. The Morgan fingerprint density at radius 1 is 0.919 bits per heavy atom. The lowest BCUT2D eigenvalue weighted by atomic mass is 10.1. The molecule has 5 rings (SSSR count). The highest BCUT2D eigenvalue weighted by Gasteiger charge is 2.34. The zero-order valence-electron chi connectivity index (χ0n) is 20.6. The topological polar surface area (TPSA) is 96.5 Å². The van der Waals surface area contributed by atoms with E-state index in [0.29, 0.717) is 35.2 Å². The minimum atomic E-state index is -0.856. The van der Waals surface area contributed by atoms with Crippen LogP contribution in [-0.4, -0.2) is 34.4 Å². The second-order valence-corrected chi connectivity index (χ2v) is 8.84. The van der Waals surface area contributed by atoms with Gasteiger partial charge in [0.25, 0.3) is 11.8 Å². The number of carbonyl (C=O) groups is 2. The van der Waals surface area contributed by atoms with Gasteiger partial charge in [0.05, 0.1) is 23.5 Å². The summed E-state index contributed by atoms with van der Waals surface area (Å²) in [5.74, 6) is 0.346. The summed E-state index contributed by atoms with van der Waals surface area (Å²) < 4.78 is 6.01. The van der Waals surface area contributed by atoms with Crippen LogP contribution in [0.15, 0.2) is 84.9 Å². The summed E-state index contributed by atoms with van der Waals surface area (Å²) >= 11 is 0. The molecule has 0 aliphatic carbocycles. The van der Waals surface area contributed by atoms with Gasteiger partial charge in [-0.15, -0.1) is 0 Å². The Balaban J connectivity index is 1.41. The predicted octanol–water partition coefficient (Wildman–Crippen LogP) is 4.56. The summed E-state index contributed by atoms with van der Waals surface area (Å²) in [7, 11) is 0. The maximum absolute atomic E-state index is 13.9. The highest BCUT2D eigenvalue weighted by atomic mass is 16.5. The molecule has 0 spiro atoms. The first kappa shape index (κ1) is 24.0. The minimum Gasteiger partial charge on any atom is -0.477 e. The number of benzene rings is 3. The van der Waals surface area contributed by atoms with Crippen molar-refractivity contribution in [3.8, 4) is 5.75 Å². The number of carbonyl (C=O) groups excluding carboxylic acids is 2. The molecule has 1 atom stereocenters. The van der Waals surface area contributed by atoms with Crippen LogP contribution in [0, 0.1) is 13.8 Å². The molecule has 0 saturated heterocycles. The van der Waals surface area contributed by atoms with Crippen LogP contribution in [0.5, 0.6) is 5.75 Å². The van der Waals surface area contributed by atoms with Crippen LogP contribution in [0.3, 0.4) is 0 Å². The molecule has 1 aromatic heterocycles. The molecule has 0 radical (unpaired) electrons. The third kappa shape index (κ3) is 5.43. The molecule has 186 valence electrons. The largest absolute Gasteiger partial charge is 0.477 e. The molecular weight excluding hydrogens is 466 g/mol. The maximum Gasteiger partial charge on any atom is 0.263 e. The van der Waals surface area contributed by atoms with Crippen molar-refractivity contribution in [1.82, 2.24) is 15.3 Å². The fraction of sp³-hybridized carbons (Fsp3) is 0.172. The van der Waals surface area contributed by atoms with Gasteiger partial charge in [-0.3, -0.25) is 9.59 Å². The molecule has 1 aliphatic rings. The molecule has 3 aromatic carbocycles. The van der Waals surface area contributed by atoms with Crippen LogP contribution < -0.4 is 20.3 Å². The number of anilines is 3. The highest BCUT2D eigenvalue weighted by molar-refractivity contribution is 6.11. The Hall–Kier alpha value is -4.72. The summed E-state index contributed by atoms with van der Waals surface area (Å²) in [5, 5.41) is 6.11. The molecule has 8 nitrogen and oxygen atoms in total. The lowest BCUT2D eigenvalue weighted by Gasteiger charge is -2.34. The van der Waals surface area contributed by atoms with Crippen molar-refractivity contribution in [3.05, 3.63) is 107 Å². The Morgan fingerprint density at radius 3 is 2.38 bits per heavy atom. The van der Waals surface area contributed by atoms with Gasteiger partial charge in [-0.2, -0.15) is 0 Å². The van der Waals surface area contributed by atoms with E-state index in [1.165, 1.54) is 0 Å². The number of nitrogens with one attached hydrogen (secondary N) is 2. The Kier molecular flexibility index (Phi) is 6.81. The van der Waals surface area contributed by atoms with E-state index in [0.717, 1.165) is 17.0 Å². The summed E-state index contributed by atoms with van der Waals surface area (Å²) in [6.45, 7) is 4.23. The molecular formula is C29H27N5O3. The fourth-order valence-electron chi connectivity index (χ4n) is 4.29. The van der Waals surface area contributed by atoms with Gasteiger partial charge >= 0.3 is 0 Å². The van der Waals surface area contributed by atoms with Crippen LogP contribution in [0.25, 0.3) is 0 Å². The molecule has 2 heterocycles. The molecule has 2 N–H and O–H groups in total. The molecule has 8 heteroatoms. The van der Waals surface area contributed by atoms with Gasteiger partial charge < -0.3 is 20.3 Å². The summed E-state index contributed by atoms with van der Waals surface area (Å²) in [6, 6.07) is 26.0. The summed E-state index contributed by atoms with van der Waals surface area (Å²) in [5.41, 5.74) is 4.25. The number of para-hydroxylation sites is 3. The molecule has 0 fully saturated rings. The highest BCUT2D eigenvalue weighted by Crippen LogP contribution is 2.35. The molecule has 1 aliphatic heterocycles. The number of nitrogens with zero attached hydrogens (tertiary/aromatic N) is 3. The number of amides is 2. The Morgan fingerprint density at radius 2 is 1.59 bits per heavy atom. The standard InChI is InChI=1S/C29H27N5O3/c1-19-16-20(2)32-29(31-19)33-23-13-7-6-12-22(23)28(36)34-18-26(37-25-15-9-8-14-24(25)34)27(35)30-17-21-10-4-3-5-11-21/h3-16,26H,17-18H2,1-2H3,(H,30,35)(H,31,32,33)/t26-/m1/s1. The van der Waals surface area contributed by atoms with Crippen LogP contribution in [0.4, 0.5) is 17.3 Å². The van der Waals surface area contributed by atoms with Gasteiger partial charge in [0, 0.05) is 17.9 Å². The molecule has 0 saturated carbocycles. The van der Waals surface area contributed by atoms with Crippen molar-refractivity contribution in [1.29, 1.82) is 0 Å². The van der Waals surface area contributed by atoms with E-state index in [-0.39, 0.29) is 18.4 Å². The Bertz CT molecular complexity index is 1420. The van der Waals surface area contributed by atoms with E-state index in [1.807, 2.05) is 80.6 Å². The second kappa shape index (κ2) is 10.5. The summed E-state index contributed by atoms with van der Waals surface area (Å²) in [6.07, 6.45) is -0.856. The lowest BCUT2D eigenvalue weighted by molar-refractivity contribution is -0.127. The van der Waals surface area contributed by atoms with Gasteiger partial charge in [-0.05, 0) is 49.7 Å².